The summed E-state index contributed by atoms with van der Waals surface area (Å²) in [5, 5.41) is 0. The van der Waals surface area contributed by atoms with E-state index in [0.717, 1.165) is 15.9 Å². The number of hydrogen-bond acceptors (Lipinski definition) is 2. The van der Waals surface area contributed by atoms with E-state index >= 15 is 0 Å². The number of halogens is 2. The Bertz CT molecular complexity index is 520. The van der Waals surface area contributed by atoms with Crippen molar-refractivity contribution in [2.75, 3.05) is 0 Å². The van der Waals surface area contributed by atoms with Crippen LogP contribution in [-0.4, -0.2) is 9.97 Å². The monoisotopic (exact) mass is 280 g/mol. The summed E-state index contributed by atoms with van der Waals surface area (Å²) >= 11 is 3.32. The summed E-state index contributed by atoms with van der Waals surface area (Å²) in [6.07, 6.45) is 0. The van der Waals surface area contributed by atoms with E-state index in [1.807, 2.05) is 13.0 Å². The summed E-state index contributed by atoms with van der Waals surface area (Å²) in [7, 11) is 0. The summed E-state index contributed by atoms with van der Waals surface area (Å²) < 4.78 is 13.9. The van der Waals surface area contributed by atoms with Gasteiger partial charge in [0.15, 0.2) is 0 Å². The van der Waals surface area contributed by atoms with Gasteiger partial charge in [-0.05, 0) is 59.6 Å². The topological polar surface area (TPSA) is 25.8 Å². The summed E-state index contributed by atoms with van der Waals surface area (Å²) in [4.78, 5) is 8.44. The van der Waals surface area contributed by atoms with Crippen LogP contribution in [0.4, 0.5) is 4.39 Å². The minimum absolute atomic E-state index is 0.200. The average Bonchev–Trinajstić information content (AvgIpc) is 2.20. The number of benzene rings is 1. The molecule has 1 aromatic carbocycles. The average molecular weight is 281 g/mol. The Balaban J connectivity index is 2.54. The molecule has 2 nitrogen and oxygen atoms in total. The van der Waals surface area contributed by atoms with Gasteiger partial charge in [0, 0.05) is 5.56 Å². The molecule has 0 spiro atoms. The first-order valence-electron chi connectivity index (χ1n) is 4.84. The first-order valence-corrected chi connectivity index (χ1v) is 5.63. The van der Waals surface area contributed by atoms with Crippen molar-refractivity contribution < 1.29 is 4.39 Å². The van der Waals surface area contributed by atoms with Crippen LogP contribution >= 0.6 is 15.9 Å². The van der Waals surface area contributed by atoms with Crippen LogP contribution in [0.2, 0.25) is 0 Å². The van der Waals surface area contributed by atoms with Crippen molar-refractivity contribution in [2.45, 2.75) is 13.8 Å². The predicted octanol–water partition coefficient (Wildman–Crippen LogP) is 3.66. The van der Waals surface area contributed by atoms with Crippen molar-refractivity contribution in [1.29, 1.82) is 0 Å². The van der Waals surface area contributed by atoms with E-state index in [-0.39, 0.29) is 5.82 Å². The Morgan fingerprint density at radius 1 is 1.12 bits per heavy atom. The van der Waals surface area contributed by atoms with Crippen LogP contribution in [0.25, 0.3) is 11.3 Å². The van der Waals surface area contributed by atoms with Gasteiger partial charge in [-0.2, -0.15) is 0 Å². The lowest BCUT2D eigenvalue weighted by Crippen LogP contribution is -1.92. The highest BCUT2D eigenvalue weighted by molar-refractivity contribution is 9.10. The van der Waals surface area contributed by atoms with Crippen LogP contribution in [0, 0.1) is 19.7 Å². The Morgan fingerprint density at radius 3 is 2.50 bits per heavy atom. The van der Waals surface area contributed by atoms with Crippen LogP contribution in [-0.2, 0) is 0 Å². The summed E-state index contributed by atoms with van der Waals surface area (Å²) in [6, 6.07) is 6.77. The molecule has 1 heterocycles. The van der Waals surface area contributed by atoms with Crippen molar-refractivity contribution in [3.8, 4) is 11.3 Å². The molecule has 82 valence electrons. The van der Waals surface area contributed by atoms with Crippen LogP contribution < -0.4 is 0 Å². The van der Waals surface area contributed by atoms with Gasteiger partial charge in [-0.3, -0.25) is 0 Å². The highest BCUT2D eigenvalue weighted by atomic mass is 79.9. The number of aryl methyl sites for hydroxylation is 2. The van der Waals surface area contributed by atoms with Gasteiger partial charge in [-0.25, -0.2) is 14.4 Å². The summed E-state index contributed by atoms with van der Waals surface area (Å²) in [5.74, 6) is 0.486. The fraction of sp³-hybridized carbons (Fsp3) is 0.167. The fourth-order valence-electron chi connectivity index (χ4n) is 1.48. The summed E-state index contributed by atoms with van der Waals surface area (Å²) in [6.45, 7) is 3.56. The Hall–Kier alpha value is -1.29. The molecule has 0 unspecified atom stereocenters. The molecule has 1 aromatic heterocycles. The van der Waals surface area contributed by atoms with Gasteiger partial charge in [0.2, 0.25) is 0 Å². The second-order valence-electron chi connectivity index (χ2n) is 3.59. The van der Waals surface area contributed by atoms with Gasteiger partial charge in [-0.1, -0.05) is 0 Å². The van der Waals surface area contributed by atoms with E-state index in [4.69, 9.17) is 0 Å². The Kier molecular flexibility index (Phi) is 3.01. The maximum atomic E-state index is 13.1. The quantitative estimate of drug-likeness (QED) is 0.745. The van der Waals surface area contributed by atoms with Crippen molar-refractivity contribution in [1.82, 2.24) is 9.97 Å². The third kappa shape index (κ3) is 2.27. The van der Waals surface area contributed by atoms with Crippen molar-refractivity contribution >= 4 is 15.9 Å². The molecule has 0 saturated heterocycles. The molecule has 0 amide bonds. The molecule has 0 aliphatic heterocycles. The van der Waals surface area contributed by atoms with Gasteiger partial charge >= 0.3 is 0 Å². The molecule has 0 N–H and O–H groups in total. The Morgan fingerprint density at radius 2 is 1.88 bits per heavy atom. The third-order valence-corrected chi connectivity index (χ3v) is 2.67. The largest absolute Gasteiger partial charge is 0.233 e. The normalized spacial score (nSPS) is 10.5. The predicted molar refractivity (Wildman–Crippen MR) is 64.6 cm³/mol. The smallest absolute Gasteiger partial charge is 0.127 e. The van der Waals surface area contributed by atoms with Crippen LogP contribution in [0.5, 0.6) is 0 Å². The van der Waals surface area contributed by atoms with Crippen molar-refractivity contribution in [3.63, 3.8) is 0 Å². The second kappa shape index (κ2) is 4.29. The molecule has 0 bridgehead atoms. The molecule has 0 atom stereocenters. The van der Waals surface area contributed by atoms with Gasteiger partial charge in [-0.15, -0.1) is 0 Å². The first kappa shape index (κ1) is 11.2. The van der Waals surface area contributed by atoms with E-state index in [2.05, 4.69) is 25.9 Å². The number of aromatic nitrogens is 2. The minimum atomic E-state index is -0.200. The molecule has 0 aliphatic rings. The van der Waals surface area contributed by atoms with Crippen molar-refractivity contribution in [3.05, 3.63) is 46.1 Å². The maximum Gasteiger partial charge on any atom is 0.127 e. The van der Waals surface area contributed by atoms with Gasteiger partial charge in [0.05, 0.1) is 5.69 Å². The molecule has 2 rings (SSSR count). The first-order chi connectivity index (χ1) is 7.56. The molecule has 0 aliphatic carbocycles. The van der Waals surface area contributed by atoms with Gasteiger partial charge < -0.3 is 0 Å². The highest BCUT2D eigenvalue weighted by Gasteiger charge is 2.05. The lowest BCUT2D eigenvalue weighted by molar-refractivity contribution is 0.619. The van der Waals surface area contributed by atoms with E-state index in [1.165, 1.54) is 6.07 Å². The highest BCUT2D eigenvalue weighted by Crippen LogP contribution is 2.22. The molecule has 0 fully saturated rings. The zero-order chi connectivity index (χ0) is 11.7. The van der Waals surface area contributed by atoms with E-state index in [9.17, 15) is 4.39 Å². The van der Waals surface area contributed by atoms with Crippen LogP contribution in [0.1, 0.15) is 11.4 Å². The van der Waals surface area contributed by atoms with Crippen LogP contribution in [0.3, 0.4) is 0 Å². The maximum absolute atomic E-state index is 13.1. The lowest BCUT2D eigenvalue weighted by Gasteiger charge is -2.04. The molecule has 4 heteroatoms. The zero-order valence-corrected chi connectivity index (χ0v) is 10.5. The van der Waals surface area contributed by atoms with Gasteiger partial charge in [0.1, 0.15) is 16.2 Å². The fourth-order valence-corrected chi connectivity index (χ4v) is 1.96. The molecular weight excluding hydrogens is 271 g/mol. The van der Waals surface area contributed by atoms with E-state index in [0.29, 0.717) is 11.4 Å². The Labute approximate surface area is 102 Å². The SMILES string of the molecule is Cc1nc(Br)cc(-c2ccc(F)c(C)c2)n1. The third-order valence-electron chi connectivity index (χ3n) is 2.26. The zero-order valence-electron chi connectivity index (χ0n) is 8.96. The van der Waals surface area contributed by atoms with Crippen LogP contribution in [0.15, 0.2) is 28.9 Å². The number of nitrogens with zero attached hydrogens (tertiary/aromatic N) is 2. The molecule has 16 heavy (non-hydrogen) atoms. The van der Waals surface area contributed by atoms with Crippen molar-refractivity contribution in [2.24, 2.45) is 0 Å². The molecule has 0 radical (unpaired) electrons. The lowest BCUT2D eigenvalue weighted by atomic mass is 10.1. The second-order valence-corrected chi connectivity index (χ2v) is 4.40. The van der Waals surface area contributed by atoms with E-state index in [1.54, 1.807) is 19.1 Å². The molecule has 2 aromatic rings. The number of rotatable bonds is 1. The molecule has 0 saturated carbocycles. The van der Waals surface area contributed by atoms with Gasteiger partial charge in [0.25, 0.3) is 0 Å². The summed E-state index contributed by atoms with van der Waals surface area (Å²) in [5.41, 5.74) is 2.30. The standard InChI is InChI=1S/C12H10BrFN2/c1-7-5-9(3-4-10(7)14)11-6-12(13)16-8(2)15-11/h3-6H,1-2H3. The molecular formula is C12H10BrFN2. The minimum Gasteiger partial charge on any atom is -0.233 e. The number of hydrogen-bond donors (Lipinski definition) is 0. The van der Waals surface area contributed by atoms with E-state index < -0.39 is 0 Å².